The van der Waals surface area contributed by atoms with Crippen molar-refractivity contribution in [1.29, 1.82) is 0 Å². The Bertz CT molecular complexity index is 396. The third-order valence-corrected chi connectivity index (χ3v) is 1.66. The van der Waals surface area contributed by atoms with E-state index in [-0.39, 0.29) is 0 Å². The molecule has 0 unspecified atom stereocenters. The second-order valence-electron chi connectivity index (χ2n) is 2.91. The zero-order valence-electron chi connectivity index (χ0n) is 8.34. The molecule has 0 spiro atoms. The van der Waals surface area contributed by atoms with E-state index in [1.165, 1.54) is 0 Å². The quantitative estimate of drug-likeness (QED) is 0.747. The first-order valence-electron chi connectivity index (χ1n) is 4.43. The summed E-state index contributed by atoms with van der Waals surface area (Å²) >= 11 is 0. The summed E-state index contributed by atoms with van der Waals surface area (Å²) in [6.45, 7) is 1.97. The number of aromatic carboxylic acids is 1. The summed E-state index contributed by atoms with van der Waals surface area (Å²) in [6, 6.07) is 8.30. The van der Waals surface area contributed by atoms with Crippen LogP contribution < -0.4 is 0 Å². The number of carboxylic acids is 1. The van der Waals surface area contributed by atoms with E-state index < -0.39 is 5.97 Å². The first-order valence-corrected chi connectivity index (χ1v) is 4.43. The van der Waals surface area contributed by atoms with Crippen molar-refractivity contribution < 1.29 is 9.90 Å². The molecular formula is C11H12N2O2. The highest BCUT2D eigenvalue weighted by molar-refractivity contribution is 5.87. The number of carbonyl (C=O) groups is 1. The van der Waals surface area contributed by atoms with E-state index in [9.17, 15) is 4.79 Å². The standard InChI is InChI=1S/C7H6O2.C4H6N2/c8-7(9)6-4-2-1-3-5-6;1-4-2-5-3-6-4/h1-5H,(H,8,9);2-3H,1H3,(H,5,6). The van der Waals surface area contributed by atoms with E-state index in [1.54, 1.807) is 42.9 Å². The molecule has 0 fully saturated rings. The van der Waals surface area contributed by atoms with Gasteiger partial charge in [0, 0.05) is 11.9 Å². The Morgan fingerprint density at radius 2 is 2.00 bits per heavy atom. The van der Waals surface area contributed by atoms with Crippen LogP contribution in [0.4, 0.5) is 0 Å². The predicted molar refractivity (Wildman–Crippen MR) is 56.7 cm³/mol. The summed E-state index contributed by atoms with van der Waals surface area (Å²) in [5.74, 6) is -0.879. The number of aryl methyl sites for hydroxylation is 1. The smallest absolute Gasteiger partial charge is 0.335 e. The van der Waals surface area contributed by atoms with Crippen LogP contribution in [-0.2, 0) is 0 Å². The molecule has 0 saturated carbocycles. The number of H-pyrrole nitrogens is 1. The molecule has 78 valence electrons. The minimum atomic E-state index is -0.879. The van der Waals surface area contributed by atoms with E-state index in [0.29, 0.717) is 5.56 Å². The Hall–Kier alpha value is -2.10. The van der Waals surface area contributed by atoms with E-state index in [2.05, 4.69) is 9.97 Å². The Morgan fingerprint density at radius 3 is 2.27 bits per heavy atom. The highest BCUT2D eigenvalue weighted by Gasteiger charge is 1.96. The highest BCUT2D eigenvalue weighted by atomic mass is 16.4. The molecule has 0 bridgehead atoms. The molecule has 1 heterocycles. The minimum absolute atomic E-state index is 0.331. The molecule has 0 aliphatic rings. The number of aromatic nitrogens is 2. The lowest BCUT2D eigenvalue weighted by Gasteiger charge is -1.88. The summed E-state index contributed by atoms with van der Waals surface area (Å²) in [5.41, 5.74) is 1.44. The summed E-state index contributed by atoms with van der Waals surface area (Å²) in [4.78, 5) is 16.9. The van der Waals surface area contributed by atoms with Crippen LogP contribution in [0, 0.1) is 6.92 Å². The van der Waals surface area contributed by atoms with Gasteiger partial charge in [-0.05, 0) is 19.1 Å². The maximum atomic E-state index is 10.2. The number of hydrogen-bond acceptors (Lipinski definition) is 2. The molecule has 0 aliphatic carbocycles. The van der Waals surface area contributed by atoms with Crippen LogP contribution in [0.1, 0.15) is 16.1 Å². The summed E-state index contributed by atoms with van der Waals surface area (Å²) in [7, 11) is 0. The van der Waals surface area contributed by atoms with Crippen molar-refractivity contribution in [1.82, 2.24) is 9.97 Å². The fourth-order valence-electron chi connectivity index (χ4n) is 0.906. The van der Waals surface area contributed by atoms with Gasteiger partial charge in [0.2, 0.25) is 0 Å². The van der Waals surface area contributed by atoms with Crippen molar-refractivity contribution in [2.75, 3.05) is 0 Å². The Kier molecular flexibility index (Phi) is 4.09. The number of imidazole rings is 1. The summed E-state index contributed by atoms with van der Waals surface area (Å²) < 4.78 is 0. The van der Waals surface area contributed by atoms with E-state index in [0.717, 1.165) is 5.69 Å². The SMILES string of the molecule is Cc1cnc[nH]1.O=C(O)c1ccccc1. The van der Waals surface area contributed by atoms with Crippen molar-refractivity contribution in [2.24, 2.45) is 0 Å². The lowest BCUT2D eigenvalue weighted by atomic mass is 10.2. The van der Waals surface area contributed by atoms with Gasteiger partial charge in [-0.1, -0.05) is 18.2 Å². The lowest BCUT2D eigenvalue weighted by molar-refractivity contribution is 0.0697. The topological polar surface area (TPSA) is 66.0 Å². The normalized spacial score (nSPS) is 8.87. The second-order valence-corrected chi connectivity index (χ2v) is 2.91. The molecule has 15 heavy (non-hydrogen) atoms. The lowest BCUT2D eigenvalue weighted by Crippen LogP contribution is -1.93. The number of hydrogen-bond donors (Lipinski definition) is 2. The molecule has 0 amide bonds. The molecule has 2 rings (SSSR count). The average molecular weight is 204 g/mol. The number of benzene rings is 1. The van der Waals surface area contributed by atoms with Gasteiger partial charge in [0.25, 0.3) is 0 Å². The Balaban J connectivity index is 0.000000162. The van der Waals surface area contributed by atoms with Gasteiger partial charge in [0.15, 0.2) is 0 Å². The second kappa shape index (κ2) is 5.59. The predicted octanol–water partition coefficient (Wildman–Crippen LogP) is 2.10. The largest absolute Gasteiger partial charge is 0.478 e. The number of nitrogens with one attached hydrogen (secondary N) is 1. The monoisotopic (exact) mass is 204 g/mol. The van der Waals surface area contributed by atoms with Gasteiger partial charge < -0.3 is 10.1 Å². The third kappa shape index (κ3) is 4.08. The van der Waals surface area contributed by atoms with E-state index in [1.807, 2.05) is 6.92 Å². The van der Waals surface area contributed by atoms with Crippen molar-refractivity contribution in [3.63, 3.8) is 0 Å². The maximum absolute atomic E-state index is 10.2. The fourth-order valence-corrected chi connectivity index (χ4v) is 0.906. The van der Waals surface area contributed by atoms with Gasteiger partial charge in [-0.3, -0.25) is 0 Å². The van der Waals surface area contributed by atoms with Crippen molar-refractivity contribution >= 4 is 5.97 Å². The van der Waals surface area contributed by atoms with Crippen LogP contribution in [0.15, 0.2) is 42.9 Å². The van der Waals surface area contributed by atoms with E-state index in [4.69, 9.17) is 5.11 Å². The molecule has 0 aliphatic heterocycles. The molecule has 4 heteroatoms. The molecule has 0 atom stereocenters. The van der Waals surface area contributed by atoms with Gasteiger partial charge >= 0.3 is 5.97 Å². The van der Waals surface area contributed by atoms with Crippen LogP contribution in [0.3, 0.4) is 0 Å². The zero-order chi connectivity index (χ0) is 11.1. The average Bonchev–Trinajstić information content (AvgIpc) is 2.71. The highest BCUT2D eigenvalue weighted by Crippen LogP contribution is 1.96. The van der Waals surface area contributed by atoms with Crippen LogP contribution >= 0.6 is 0 Å². The molecule has 2 aromatic rings. The Labute approximate surface area is 87.6 Å². The van der Waals surface area contributed by atoms with Crippen molar-refractivity contribution in [3.8, 4) is 0 Å². The molecule has 1 aromatic carbocycles. The fraction of sp³-hybridized carbons (Fsp3) is 0.0909. The molecule has 1 aromatic heterocycles. The third-order valence-electron chi connectivity index (χ3n) is 1.66. The number of carboxylic acid groups (broad SMARTS) is 1. The number of nitrogens with zero attached hydrogens (tertiary/aromatic N) is 1. The molecule has 0 radical (unpaired) electrons. The first kappa shape index (κ1) is 11.0. The van der Waals surface area contributed by atoms with Gasteiger partial charge in [-0.25, -0.2) is 9.78 Å². The zero-order valence-corrected chi connectivity index (χ0v) is 8.34. The molecule has 2 N–H and O–H groups in total. The summed E-state index contributed by atoms with van der Waals surface area (Å²) in [5, 5.41) is 8.38. The first-order chi connectivity index (χ1) is 7.20. The number of aromatic amines is 1. The maximum Gasteiger partial charge on any atom is 0.335 e. The van der Waals surface area contributed by atoms with Crippen molar-refractivity contribution in [2.45, 2.75) is 6.92 Å². The van der Waals surface area contributed by atoms with Gasteiger partial charge in [-0.2, -0.15) is 0 Å². The van der Waals surface area contributed by atoms with Crippen LogP contribution in [-0.4, -0.2) is 21.0 Å². The summed E-state index contributed by atoms with van der Waals surface area (Å²) in [6.07, 6.45) is 3.44. The van der Waals surface area contributed by atoms with Gasteiger partial charge in [0.1, 0.15) is 0 Å². The van der Waals surface area contributed by atoms with Gasteiger partial charge in [-0.15, -0.1) is 0 Å². The molecular weight excluding hydrogens is 192 g/mol. The Morgan fingerprint density at radius 1 is 1.33 bits per heavy atom. The minimum Gasteiger partial charge on any atom is -0.478 e. The molecule has 0 saturated heterocycles. The van der Waals surface area contributed by atoms with Crippen LogP contribution in [0.25, 0.3) is 0 Å². The van der Waals surface area contributed by atoms with Crippen LogP contribution in [0.2, 0.25) is 0 Å². The molecule has 4 nitrogen and oxygen atoms in total. The van der Waals surface area contributed by atoms with Crippen molar-refractivity contribution in [3.05, 3.63) is 54.1 Å². The van der Waals surface area contributed by atoms with E-state index >= 15 is 0 Å². The number of rotatable bonds is 1. The van der Waals surface area contributed by atoms with Gasteiger partial charge in [0.05, 0.1) is 11.9 Å². The van der Waals surface area contributed by atoms with Crippen LogP contribution in [0.5, 0.6) is 0 Å².